The molecule has 90 valence electrons. The van der Waals surface area contributed by atoms with Crippen molar-refractivity contribution in [3.8, 4) is 5.88 Å². The van der Waals surface area contributed by atoms with Crippen molar-refractivity contribution in [1.29, 1.82) is 0 Å². The lowest BCUT2D eigenvalue weighted by molar-refractivity contribution is 0.274. The summed E-state index contributed by atoms with van der Waals surface area (Å²) in [5, 5.41) is 4.21. The zero-order valence-corrected chi connectivity index (χ0v) is 10.1. The molecule has 0 saturated heterocycles. The fraction of sp³-hybridized carbons (Fsp3) is 0.333. The van der Waals surface area contributed by atoms with Crippen molar-refractivity contribution in [1.82, 2.24) is 14.8 Å². The predicted octanol–water partition coefficient (Wildman–Crippen LogP) is 1.16. The number of ether oxygens (including phenoxy) is 1. The topological polar surface area (TPSA) is 66.0 Å². The highest BCUT2D eigenvalue weighted by molar-refractivity contribution is 5.16. The molecule has 0 fully saturated rings. The molecule has 0 atom stereocenters. The monoisotopic (exact) mass is 232 g/mol. The molecule has 0 unspecified atom stereocenters. The van der Waals surface area contributed by atoms with Crippen LogP contribution in [0.15, 0.2) is 24.4 Å². The van der Waals surface area contributed by atoms with Crippen LogP contribution in [0.1, 0.15) is 17.0 Å². The number of hydrogen-bond acceptors (Lipinski definition) is 4. The maximum Gasteiger partial charge on any atom is 0.212 e. The number of nitrogens with zero attached hydrogens (tertiary/aromatic N) is 3. The lowest BCUT2D eigenvalue weighted by atomic mass is 10.2. The fourth-order valence-corrected chi connectivity index (χ4v) is 1.53. The molecular weight excluding hydrogens is 216 g/mol. The third-order valence-corrected chi connectivity index (χ3v) is 2.45. The fourth-order valence-electron chi connectivity index (χ4n) is 1.53. The molecule has 0 aromatic carbocycles. The molecule has 0 aliphatic carbocycles. The molecule has 0 aliphatic rings. The molecule has 5 heteroatoms. The van der Waals surface area contributed by atoms with Gasteiger partial charge in [0.25, 0.3) is 0 Å². The summed E-state index contributed by atoms with van der Waals surface area (Å²) in [5.74, 6) is 0.743. The Bertz CT molecular complexity index is 490. The lowest BCUT2D eigenvalue weighted by Gasteiger charge is -2.05. The standard InChI is InChI=1S/C12H16N4O/c1-9-5-12(16(2)15-9)17-8-11-4-3-10(6-13)7-14-11/h3-5,7H,6,8,13H2,1-2H3. The summed E-state index contributed by atoms with van der Waals surface area (Å²) in [5.41, 5.74) is 8.34. The normalized spacial score (nSPS) is 10.5. The molecule has 2 rings (SSSR count). The molecule has 2 aromatic heterocycles. The third kappa shape index (κ3) is 2.82. The summed E-state index contributed by atoms with van der Waals surface area (Å²) >= 11 is 0. The first-order valence-corrected chi connectivity index (χ1v) is 5.46. The van der Waals surface area contributed by atoms with Gasteiger partial charge in [0.1, 0.15) is 6.61 Å². The Hall–Kier alpha value is -1.88. The number of aromatic nitrogens is 3. The zero-order chi connectivity index (χ0) is 12.3. The minimum Gasteiger partial charge on any atom is -0.471 e. The van der Waals surface area contributed by atoms with Crippen molar-refractivity contribution in [2.75, 3.05) is 0 Å². The first-order valence-electron chi connectivity index (χ1n) is 5.46. The minimum absolute atomic E-state index is 0.434. The molecule has 5 nitrogen and oxygen atoms in total. The van der Waals surface area contributed by atoms with Crippen LogP contribution in [-0.2, 0) is 20.2 Å². The lowest BCUT2D eigenvalue weighted by Crippen LogP contribution is -2.03. The summed E-state index contributed by atoms with van der Waals surface area (Å²) in [6, 6.07) is 5.78. The Morgan fingerprint density at radius 2 is 2.24 bits per heavy atom. The smallest absolute Gasteiger partial charge is 0.212 e. The Morgan fingerprint density at radius 1 is 1.41 bits per heavy atom. The second kappa shape index (κ2) is 4.97. The van der Waals surface area contributed by atoms with Crippen molar-refractivity contribution in [2.45, 2.75) is 20.1 Å². The number of pyridine rings is 1. The largest absolute Gasteiger partial charge is 0.471 e. The van der Waals surface area contributed by atoms with Gasteiger partial charge in [-0.3, -0.25) is 4.98 Å². The molecule has 0 aliphatic heterocycles. The van der Waals surface area contributed by atoms with Crippen LogP contribution in [0.25, 0.3) is 0 Å². The number of rotatable bonds is 4. The molecular formula is C12H16N4O. The molecule has 0 amide bonds. The van der Waals surface area contributed by atoms with E-state index in [1.54, 1.807) is 10.9 Å². The van der Waals surface area contributed by atoms with Gasteiger partial charge in [0.05, 0.1) is 11.4 Å². The maximum absolute atomic E-state index is 5.62. The van der Waals surface area contributed by atoms with Crippen molar-refractivity contribution in [2.24, 2.45) is 12.8 Å². The Balaban J connectivity index is 1.99. The minimum atomic E-state index is 0.434. The zero-order valence-electron chi connectivity index (χ0n) is 10.1. The molecule has 2 N–H and O–H groups in total. The summed E-state index contributed by atoms with van der Waals surface area (Å²) in [6.45, 7) is 2.88. The van der Waals surface area contributed by atoms with Crippen LogP contribution in [0, 0.1) is 6.92 Å². The van der Waals surface area contributed by atoms with Gasteiger partial charge in [-0.2, -0.15) is 5.10 Å². The Labute approximate surface area is 100 Å². The van der Waals surface area contributed by atoms with E-state index in [0.717, 1.165) is 22.8 Å². The van der Waals surface area contributed by atoms with E-state index in [1.807, 2.05) is 32.2 Å². The van der Waals surface area contributed by atoms with Gasteiger partial charge in [-0.25, -0.2) is 4.68 Å². The van der Waals surface area contributed by atoms with E-state index in [9.17, 15) is 0 Å². The molecule has 0 spiro atoms. The van der Waals surface area contributed by atoms with Gasteiger partial charge in [0, 0.05) is 25.9 Å². The summed E-state index contributed by atoms with van der Waals surface area (Å²) < 4.78 is 7.34. The van der Waals surface area contributed by atoms with Gasteiger partial charge >= 0.3 is 0 Å². The van der Waals surface area contributed by atoms with Gasteiger partial charge in [-0.05, 0) is 18.6 Å². The molecule has 17 heavy (non-hydrogen) atoms. The highest BCUT2D eigenvalue weighted by atomic mass is 16.5. The first kappa shape index (κ1) is 11.6. The molecule has 0 radical (unpaired) electrons. The second-order valence-electron chi connectivity index (χ2n) is 3.90. The van der Waals surface area contributed by atoms with Crippen LogP contribution in [0.4, 0.5) is 0 Å². The van der Waals surface area contributed by atoms with E-state index in [1.165, 1.54) is 0 Å². The molecule has 2 aromatic rings. The highest BCUT2D eigenvalue weighted by Crippen LogP contribution is 2.12. The van der Waals surface area contributed by atoms with Crippen LogP contribution in [0.2, 0.25) is 0 Å². The number of hydrogen-bond donors (Lipinski definition) is 1. The van der Waals surface area contributed by atoms with Crippen molar-refractivity contribution >= 4 is 0 Å². The van der Waals surface area contributed by atoms with E-state index in [0.29, 0.717) is 13.2 Å². The molecule has 2 heterocycles. The van der Waals surface area contributed by atoms with Crippen molar-refractivity contribution < 1.29 is 4.74 Å². The number of aryl methyl sites for hydroxylation is 2. The van der Waals surface area contributed by atoms with Gasteiger partial charge < -0.3 is 10.5 Å². The van der Waals surface area contributed by atoms with Crippen molar-refractivity contribution in [3.05, 3.63) is 41.3 Å². The van der Waals surface area contributed by atoms with Gasteiger partial charge in [0.15, 0.2) is 0 Å². The summed E-state index contributed by atoms with van der Waals surface area (Å²) in [6.07, 6.45) is 1.77. The van der Waals surface area contributed by atoms with Crippen LogP contribution in [-0.4, -0.2) is 14.8 Å². The van der Waals surface area contributed by atoms with E-state index >= 15 is 0 Å². The third-order valence-electron chi connectivity index (χ3n) is 2.45. The van der Waals surface area contributed by atoms with Crippen LogP contribution < -0.4 is 10.5 Å². The Kier molecular flexibility index (Phi) is 3.39. The summed E-state index contributed by atoms with van der Waals surface area (Å²) in [4.78, 5) is 4.27. The van der Waals surface area contributed by atoms with E-state index in [2.05, 4.69) is 10.1 Å². The first-order chi connectivity index (χ1) is 8.19. The average Bonchev–Trinajstić information content (AvgIpc) is 2.66. The number of nitrogens with two attached hydrogens (primary N) is 1. The SMILES string of the molecule is Cc1cc(OCc2ccc(CN)cn2)n(C)n1. The predicted molar refractivity (Wildman–Crippen MR) is 64.4 cm³/mol. The van der Waals surface area contributed by atoms with Gasteiger partial charge in [-0.15, -0.1) is 0 Å². The maximum atomic E-state index is 5.62. The Morgan fingerprint density at radius 3 is 2.76 bits per heavy atom. The molecule has 0 saturated carbocycles. The van der Waals surface area contributed by atoms with Crippen molar-refractivity contribution in [3.63, 3.8) is 0 Å². The van der Waals surface area contributed by atoms with E-state index < -0.39 is 0 Å². The van der Waals surface area contributed by atoms with Gasteiger partial charge in [0.2, 0.25) is 5.88 Å². The van der Waals surface area contributed by atoms with Gasteiger partial charge in [-0.1, -0.05) is 6.07 Å². The van der Waals surface area contributed by atoms with E-state index in [4.69, 9.17) is 10.5 Å². The average molecular weight is 232 g/mol. The molecule has 0 bridgehead atoms. The quantitative estimate of drug-likeness (QED) is 0.859. The van der Waals surface area contributed by atoms with Crippen LogP contribution >= 0.6 is 0 Å². The second-order valence-corrected chi connectivity index (χ2v) is 3.90. The van der Waals surface area contributed by atoms with E-state index in [-0.39, 0.29) is 0 Å². The highest BCUT2D eigenvalue weighted by Gasteiger charge is 2.03. The van der Waals surface area contributed by atoms with Crippen LogP contribution in [0.5, 0.6) is 5.88 Å². The van der Waals surface area contributed by atoms with Crippen LogP contribution in [0.3, 0.4) is 0 Å². The summed E-state index contributed by atoms with van der Waals surface area (Å²) in [7, 11) is 1.85.